The van der Waals surface area contributed by atoms with E-state index in [1.165, 1.54) is 24.0 Å². The topological polar surface area (TPSA) is 57.8 Å². The van der Waals surface area contributed by atoms with Gasteiger partial charge in [-0.15, -0.1) is 0 Å². The van der Waals surface area contributed by atoms with Crippen LogP contribution in [0, 0.1) is 13.8 Å². The van der Waals surface area contributed by atoms with Crippen molar-refractivity contribution in [2.45, 2.75) is 39.3 Å². The van der Waals surface area contributed by atoms with Gasteiger partial charge in [-0.2, -0.15) is 5.10 Å². The first-order valence-corrected chi connectivity index (χ1v) is 7.03. The van der Waals surface area contributed by atoms with Crippen LogP contribution >= 0.6 is 0 Å². The lowest BCUT2D eigenvalue weighted by Gasteiger charge is -2.07. The first-order chi connectivity index (χ1) is 9.63. The Kier molecular flexibility index (Phi) is 3.40. The molecule has 1 aromatic heterocycles. The molecule has 1 aromatic carbocycles. The normalized spacial score (nSPS) is 14.5. The van der Waals surface area contributed by atoms with Crippen LogP contribution in [-0.2, 0) is 6.54 Å². The van der Waals surface area contributed by atoms with Crippen LogP contribution in [0.15, 0.2) is 29.1 Å². The molecular formula is C16H19N3O. The third-order valence-electron chi connectivity index (χ3n) is 3.84. The molecule has 0 saturated heterocycles. The van der Waals surface area contributed by atoms with E-state index in [4.69, 9.17) is 0 Å². The highest BCUT2D eigenvalue weighted by molar-refractivity contribution is 5.60. The summed E-state index contributed by atoms with van der Waals surface area (Å²) in [7, 11) is 0. The molecule has 0 atom stereocenters. The summed E-state index contributed by atoms with van der Waals surface area (Å²) in [4.78, 5) is 11.8. The van der Waals surface area contributed by atoms with E-state index in [-0.39, 0.29) is 5.56 Å². The SMILES string of the molecule is Cc1ccc(-c2cc(CNC3CC3)c(=O)[nH]n2)cc1C. The quantitative estimate of drug-likeness (QED) is 0.895. The molecule has 2 N–H and O–H groups in total. The highest BCUT2D eigenvalue weighted by Gasteiger charge is 2.20. The van der Waals surface area contributed by atoms with Crippen molar-refractivity contribution in [2.75, 3.05) is 0 Å². The Bertz CT molecular complexity index is 686. The Morgan fingerprint density at radius 1 is 1.25 bits per heavy atom. The molecule has 4 heteroatoms. The van der Waals surface area contributed by atoms with Crippen molar-refractivity contribution in [1.29, 1.82) is 0 Å². The van der Waals surface area contributed by atoms with Crippen LogP contribution in [0.5, 0.6) is 0 Å². The third-order valence-corrected chi connectivity index (χ3v) is 3.84. The van der Waals surface area contributed by atoms with Gasteiger partial charge >= 0.3 is 0 Å². The molecule has 1 aliphatic rings. The molecule has 0 radical (unpaired) electrons. The van der Waals surface area contributed by atoms with Crippen molar-refractivity contribution >= 4 is 0 Å². The maximum absolute atomic E-state index is 11.8. The lowest BCUT2D eigenvalue weighted by molar-refractivity contribution is 0.679. The smallest absolute Gasteiger partial charge is 0.268 e. The Morgan fingerprint density at radius 3 is 2.75 bits per heavy atom. The van der Waals surface area contributed by atoms with Gasteiger partial charge in [0.1, 0.15) is 0 Å². The van der Waals surface area contributed by atoms with Crippen LogP contribution in [0.3, 0.4) is 0 Å². The summed E-state index contributed by atoms with van der Waals surface area (Å²) < 4.78 is 0. The highest BCUT2D eigenvalue weighted by Crippen LogP contribution is 2.21. The molecule has 0 amide bonds. The predicted octanol–water partition coefficient (Wildman–Crippen LogP) is 2.31. The molecule has 104 valence electrons. The fraction of sp³-hybridized carbons (Fsp3) is 0.375. The molecule has 0 unspecified atom stereocenters. The maximum Gasteiger partial charge on any atom is 0.268 e. The molecule has 1 aliphatic carbocycles. The maximum atomic E-state index is 11.8. The summed E-state index contributed by atoms with van der Waals surface area (Å²) in [5, 5.41) is 10.1. The summed E-state index contributed by atoms with van der Waals surface area (Å²) >= 11 is 0. The first-order valence-electron chi connectivity index (χ1n) is 7.03. The summed E-state index contributed by atoms with van der Waals surface area (Å²) in [6, 6.07) is 8.71. The van der Waals surface area contributed by atoms with Gasteiger partial charge in [-0.1, -0.05) is 12.1 Å². The molecule has 2 aromatic rings. The largest absolute Gasteiger partial charge is 0.310 e. The number of H-pyrrole nitrogens is 1. The molecule has 0 bridgehead atoms. The van der Waals surface area contributed by atoms with Gasteiger partial charge in [-0.25, -0.2) is 5.10 Å². The summed E-state index contributed by atoms with van der Waals surface area (Å²) in [6.07, 6.45) is 2.43. The molecule has 0 aliphatic heterocycles. The summed E-state index contributed by atoms with van der Waals surface area (Å²) in [5.41, 5.74) is 4.99. The number of nitrogens with one attached hydrogen (secondary N) is 2. The molecular weight excluding hydrogens is 250 g/mol. The number of nitrogens with zero attached hydrogens (tertiary/aromatic N) is 1. The van der Waals surface area contributed by atoms with E-state index in [0.717, 1.165) is 16.8 Å². The van der Waals surface area contributed by atoms with Crippen molar-refractivity contribution < 1.29 is 0 Å². The van der Waals surface area contributed by atoms with Crippen molar-refractivity contribution in [3.8, 4) is 11.3 Å². The Hall–Kier alpha value is -1.94. The fourth-order valence-corrected chi connectivity index (χ4v) is 2.17. The summed E-state index contributed by atoms with van der Waals surface area (Å²) in [5.74, 6) is 0. The van der Waals surface area contributed by atoms with E-state index in [9.17, 15) is 4.79 Å². The Balaban J connectivity index is 1.90. The van der Waals surface area contributed by atoms with E-state index in [1.807, 2.05) is 12.1 Å². The number of benzene rings is 1. The van der Waals surface area contributed by atoms with E-state index in [0.29, 0.717) is 12.6 Å². The lowest BCUT2D eigenvalue weighted by Crippen LogP contribution is -2.23. The van der Waals surface area contributed by atoms with Crippen molar-refractivity contribution in [3.63, 3.8) is 0 Å². The average molecular weight is 269 g/mol. The number of aromatic amines is 1. The van der Waals surface area contributed by atoms with Crippen LogP contribution < -0.4 is 10.9 Å². The van der Waals surface area contributed by atoms with Gasteiger partial charge < -0.3 is 5.32 Å². The summed E-state index contributed by atoms with van der Waals surface area (Å²) in [6.45, 7) is 4.78. The number of rotatable bonds is 4. The van der Waals surface area contributed by atoms with Crippen LogP contribution in [0.4, 0.5) is 0 Å². The number of aryl methyl sites for hydroxylation is 2. The molecule has 3 rings (SSSR count). The number of hydrogen-bond donors (Lipinski definition) is 2. The van der Waals surface area contributed by atoms with E-state index in [1.54, 1.807) is 0 Å². The van der Waals surface area contributed by atoms with Gasteiger partial charge in [0, 0.05) is 23.7 Å². The Labute approximate surface area is 118 Å². The van der Waals surface area contributed by atoms with Crippen molar-refractivity contribution in [3.05, 3.63) is 51.3 Å². The molecule has 4 nitrogen and oxygen atoms in total. The predicted molar refractivity (Wildman–Crippen MR) is 79.6 cm³/mol. The highest BCUT2D eigenvalue weighted by atomic mass is 16.1. The minimum atomic E-state index is -0.106. The van der Waals surface area contributed by atoms with Crippen LogP contribution in [-0.4, -0.2) is 16.2 Å². The zero-order valence-corrected chi connectivity index (χ0v) is 11.9. The second kappa shape index (κ2) is 5.21. The van der Waals surface area contributed by atoms with Crippen LogP contribution in [0.1, 0.15) is 29.5 Å². The monoisotopic (exact) mass is 269 g/mol. The zero-order chi connectivity index (χ0) is 14.1. The Morgan fingerprint density at radius 2 is 2.05 bits per heavy atom. The zero-order valence-electron chi connectivity index (χ0n) is 11.9. The minimum absolute atomic E-state index is 0.106. The second-order valence-corrected chi connectivity index (χ2v) is 5.56. The fourth-order valence-electron chi connectivity index (χ4n) is 2.17. The van der Waals surface area contributed by atoms with E-state index >= 15 is 0 Å². The number of hydrogen-bond acceptors (Lipinski definition) is 3. The lowest BCUT2D eigenvalue weighted by atomic mass is 10.0. The van der Waals surface area contributed by atoms with Crippen LogP contribution in [0.25, 0.3) is 11.3 Å². The minimum Gasteiger partial charge on any atom is -0.310 e. The van der Waals surface area contributed by atoms with Gasteiger partial charge in [-0.3, -0.25) is 4.79 Å². The van der Waals surface area contributed by atoms with Gasteiger partial charge in [0.05, 0.1) is 5.69 Å². The van der Waals surface area contributed by atoms with Gasteiger partial charge in [0.2, 0.25) is 0 Å². The first kappa shape index (κ1) is 13.1. The molecule has 1 heterocycles. The molecule has 1 fully saturated rings. The van der Waals surface area contributed by atoms with Crippen molar-refractivity contribution in [1.82, 2.24) is 15.5 Å². The van der Waals surface area contributed by atoms with Gasteiger partial charge in [-0.05, 0) is 49.9 Å². The molecule has 1 saturated carbocycles. The molecule has 0 spiro atoms. The van der Waals surface area contributed by atoms with Crippen molar-refractivity contribution in [2.24, 2.45) is 0 Å². The van der Waals surface area contributed by atoms with E-state index < -0.39 is 0 Å². The number of aromatic nitrogens is 2. The second-order valence-electron chi connectivity index (χ2n) is 5.56. The standard InChI is InChI=1S/C16H19N3O/c1-10-3-4-12(7-11(10)2)15-8-13(16(20)19-18-15)9-17-14-5-6-14/h3-4,7-8,14,17H,5-6,9H2,1-2H3,(H,19,20). The van der Waals surface area contributed by atoms with Crippen LogP contribution in [0.2, 0.25) is 0 Å². The van der Waals surface area contributed by atoms with E-state index in [2.05, 4.69) is 41.5 Å². The molecule has 20 heavy (non-hydrogen) atoms. The van der Waals surface area contributed by atoms with Gasteiger partial charge in [0.15, 0.2) is 0 Å². The average Bonchev–Trinajstić information content (AvgIpc) is 3.25. The third kappa shape index (κ3) is 2.80. The van der Waals surface area contributed by atoms with Gasteiger partial charge in [0.25, 0.3) is 5.56 Å².